The highest BCUT2D eigenvalue weighted by atomic mass is 15.2. The van der Waals surface area contributed by atoms with Crippen molar-refractivity contribution >= 4 is 5.82 Å². The molecule has 2 heterocycles. The van der Waals surface area contributed by atoms with Crippen LogP contribution in [0, 0.1) is 0 Å². The summed E-state index contributed by atoms with van der Waals surface area (Å²) in [6, 6.07) is 6.97. The fourth-order valence-corrected chi connectivity index (χ4v) is 2.74. The first-order valence-electron chi connectivity index (χ1n) is 7.77. The Morgan fingerprint density at radius 2 is 2.10 bits per heavy atom. The fraction of sp³-hybridized carbons (Fsp3) is 0.688. The van der Waals surface area contributed by atoms with Crippen LogP contribution in [0.5, 0.6) is 0 Å². The molecule has 0 bridgehead atoms. The lowest BCUT2D eigenvalue weighted by atomic mass is 10.0. The van der Waals surface area contributed by atoms with E-state index in [1.807, 2.05) is 0 Å². The van der Waals surface area contributed by atoms with Gasteiger partial charge in [0.2, 0.25) is 0 Å². The third-order valence-corrected chi connectivity index (χ3v) is 4.09. The number of nitrogens with zero attached hydrogens (tertiary/aromatic N) is 3. The monoisotopic (exact) mass is 276 g/mol. The predicted octanol–water partition coefficient (Wildman–Crippen LogP) is 2.43. The molecule has 0 radical (unpaired) electrons. The molecular weight excluding hydrogens is 248 g/mol. The van der Waals surface area contributed by atoms with Crippen molar-refractivity contribution in [3.05, 3.63) is 23.9 Å². The first-order chi connectivity index (χ1) is 9.69. The second-order valence-electron chi connectivity index (χ2n) is 5.89. The molecule has 4 heteroatoms. The maximum Gasteiger partial charge on any atom is 0.126 e. The summed E-state index contributed by atoms with van der Waals surface area (Å²) < 4.78 is 0. The molecular formula is C16H28N4. The molecule has 1 fully saturated rings. The summed E-state index contributed by atoms with van der Waals surface area (Å²) in [6.07, 6.45) is 3.66. The smallest absolute Gasteiger partial charge is 0.126 e. The van der Waals surface area contributed by atoms with Crippen molar-refractivity contribution < 1.29 is 0 Å². The summed E-state index contributed by atoms with van der Waals surface area (Å²) in [6.45, 7) is 6.52. The third-order valence-electron chi connectivity index (χ3n) is 4.09. The van der Waals surface area contributed by atoms with Crippen LogP contribution in [-0.2, 0) is 6.54 Å². The van der Waals surface area contributed by atoms with Gasteiger partial charge in [0.25, 0.3) is 0 Å². The lowest BCUT2D eigenvalue weighted by Gasteiger charge is -2.35. The summed E-state index contributed by atoms with van der Waals surface area (Å²) in [5.74, 6) is 1.00. The van der Waals surface area contributed by atoms with Crippen LogP contribution < -0.4 is 5.32 Å². The average molecular weight is 276 g/mol. The van der Waals surface area contributed by atoms with E-state index in [4.69, 9.17) is 4.98 Å². The second-order valence-corrected chi connectivity index (χ2v) is 5.89. The molecule has 0 spiro atoms. The molecule has 1 aliphatic heterocycles. The Hall–Kier alpha value is -1.13. The zero-order chi connectivity index (χ0) is 14.4. The van der Waals surface area contributed by atoms with E-state index in [0.717, 1.165) is 31.0 Å². The maximum absolute atomic E-state index is 4.70. The van der Waals surface area contributed by atoms with E-state index in [1.54, 1.807) is 0 Å². The molecule has 0 aromatic carbocycles. The van der Waals surface area contributed by atoms with Gasteiger partial charge in [0, 0.05) is 19.1 Å². The number of pyridine rings is 1. The highest BCUT2D eigenvalue weighted by Gasteiger charge is 2.20. The van der Waals surface area contributed by atoms with Crippen LogP contribution in [0.1, 0.15) is 31.9 Å². The predicted molar refractivity (Wildman–Crippen MR) is 85.0 cm³/mol. The molecule has 0 atom stereocenters. The molecule has 4 nitrogen and oxygen atoms in total. The zero-order valence-corrected chi connectivity index (χ0v) is 13.1. The standard InChI is InChI=1S/C16H28N4/c1-4-10-17-16-7-5-6-14(18-16)13-20(3)15-8-11-19(2)12-9-15/h5-7,15H,4,8-13H2,1-3H3,(H,17,18). The normalized spacial score (nSPS) is 17.6. The molecule has 0 saturated carbocycles. The number of hydrogen-bond acceptors (Lipinski definition) is 4. The lowest BCUT2D eigenvalue weighted by molar-refractivity contribution is 0.138. The molecule has 112 valence electrons. The number of piperidine rings is 1. The summed E-state index contributed by atoms with van der Waals surface area (Å²) in [5, 5.41) is 3.36. The maximum atomic E-state index is 4.70. The van der Waals surface area contributed by atoms with E-state index in [2.05, 4.69) is 54.3 Å². The Bertz CT molecular complexity index is 399. The zero-order valence-electron chi connectivity index (χ0n) is 13.1. The third kappa shape index (κ3) is 4.46. The van der Waals surface area contributed by atoms with Crippen molar-refractivity contribution in [3.63, 3.8) is 0 Å². The van der Waals surface area contributed by atoms with Crippen molar-refractivity contribution in [2.75, 3.05) is 39.0 Å². The summed E-state index contributed by atoms with van der Waals surface area (Å²) in [7, 11) is 4.43. The Kier molecular flexibility index (Phi) is 5.80. The number of anilines is 1. The van der Waals surface area contributed by atoms with Crippen LogP contribution in [0.25, 0.3) is 0 Å². The fourth-order valence-electron chi connectivity index (χ4n) is 2.74. The van der Waals surface area contributed by atoms with Gasteiger partial charge in [-0.15, -0.1) is 0 Å². The Balaban J connectivity index is 1.88. The number of nitrogens with one attached hydrogen (secondary N) is 1. The van der Waals surface area contributed by atoms with E-state index in [0.29, 0.717) is 6.04 Å². The van der Waals surface area contributed by atoms with Crippen LogP contribution in [0.15, 0.2) is 18.2 Å². The first-order valence-corrected chi connectivity index (χ1v) is 7.77. The molecule has 1 aromatic heterocycles. The number of rotatable bonds is 6. The summed E-state index contributed by atoms with van der Waals surface area (Å²) in [5.41, 5.74) is 1.16. The molecule has 0 amide bonds. The van der Waals surface area contributed by atoms with Crippen LogP contribution >= 0.6 is 0 Å². The molecule has 2 rings (SSSR count). The van der Waals surface area contributed by atoms with Crippen molar-refractivity contribution in [2.24, 2.45) is 0 Å². The van der Waals surface area contributed by atoms with E-state index in [1.165, 1.54) is 25.9 Å². The van der Waals surface area contributed by atoms with Gasteiger partial charge >= 0.3 is 0 Å². The molecule has 1 saturated heterocycles. The topological polar surface area (TPSA) is 31.4 Å². The van der Waals surface area contributed by atoms with Crippen LogP contribution in [0.4, 0.5) is 5.82 Å². The SMILES string of the molecule is CCCNc1cccc(CN(C)C2CCN(C)CC2)n1. The molecule has 1 aliphatic rings. The van der Waals surface area contributed by atoms with E-state index < -0.39 is 0 Å². The van der Waals surface area contributed by atoms with E-state index >= 15 is 0 Å². The van der Waals surface area contributed by atoms with Crippen LogP contribution in [0.2, 0.25) is 0 Å². The molecule has 0 aliphatic carbocycles. The van der Waals surface area contributed by atoms with Crippen LogP contribution in [0.3, 0.4) is 0 Å². The van der Waals surface area contributed by atoms with Gasteiger partial charge in [0.1, 0.15) is 5.82 Å². The Morgan fingerprint density at radius 3 is 2.80 bits per heavy atom. The largest absolute Gasteiger partial charge is 0.370 e. The van der Waals surface area contributed by atoms with Gasteiger partial charge in [-0.25, -0.2) is 4.98 Å². The van der Waals surface area contributed by atoms with Gasteiger partial charge in [-0.2, -0.15) is 0 Å². The average Bonchev–Trinajstić information content (AvgIpc) is 2.46. The molecule has 0 unspecified atom stereocenters. The minimum Gasteiger partial charge on any atom is -0.370 e. The second kappa shape index (κ2) is 7.60. The van der Waals surface area contributed by atoms with Gasteiger partial charge in [0.15, 0.2) is 0 Å². The van der Waals surface area contributed by atoms with E-state index in [-0.39, 0.29) is 0 Å². The Morgan fingerprint density at radius 1 is 1.35 bits per heavy atom. The quantitative estimate of drug-likeness (QED) is 0.864. The number of likely N-dealkylation sites (tertiary alicyclic amines) is 1. The molecule has 1 N–H and O–H groups in total. The minimum atomic E-state index is 0.695. The molecule has 1 aromatic rings. The highest BCUT2D eigenvalue weighted by Crippen LogP contribution is 2.16. The summed E-state index contributed by atoms with van der Waals surface area (Å²) >= 11 is 0. The van der Waals surface area contributed by atoms with Crippen molar-refractivity contribution in [2.45, 2.75) is 38.8 Å². The minimum absolute atomic E-state index is 0.695. The van der Waals surface area contributed by atoms with E-state index in [9.17, 15) is 0 Å². The van der Waals surface area contributed by atoms with Gasteiger partial charge in [-0.1, -0.05) is 13.0 Å². The van der Waals surface area contributed by atoms with Gasteiger partial charge in [0.05, 0.1) is 5.69 Å². The molecule has 20 heavy (non-hydrogen) atoms. The Labute approximate surface area is 123 Å². The van der Waals surface area contributed by atoms with Crippen molar-refractivity contribution in [1.82, 2.24) is 14.8 Å². The van der Waals surface area contributed by atoms with Gasteiger partial charge in [-0.3, -0.25) is 4.90 Å². The first kappa shape index (κ1) is 15.3. The van der Waals surface area contributed by atoms with Gasteiger partial charge < -0.3 is 10.2 Å². The number of aromatic nitrogens is 1. The van der Waals surface area contributed by atoms with Crippen LogP contribution in [-0.4, -0.2) is 54.6 Å². The lowest BCUT2D eigenvalue weighted by Crippen LogP contribution is -2.41. The van der Waals surface area contributed by atoms with Gasteiger partial charge in [-0.05, 0) is 58.6 Å². The summed E-state index contributed by atoms with van der Waals surface area (Å²) in [4.78, 5) is 9.57. The number of hydrogen-bond donors (Lipinski definition) is 1. The van der Waals surface area contributed by atoms with Crippen molar-refractivity contribution in [1.29, 1.82) is 0 Å². The highest BCUT2D eigenvalue weighted by molar-refractivity contribution is 5.35. The van der Waals surface area contributed by atoms with Crippen molar-refractivity contribution in [3.8, 4) is 0 Å².